The van der Waals surface area contributed by atoms with Crippen LogP contribution in [0.3, 0.4) is 0 Å². The van der Waals surface area contributed by atoms with Crippen molar-refractivity contribution in [2.75, 3.05) is 0 Å². The summed E-state index contributed by atoms with van der Waals surface area (Å²) in [6, 6.07) is 0. The molecule has 0 saturated carbocycles. The van der Waals surface area contributed by atoms with Crippen LogP contribution < -0.4 is 5.56 Å². The van der Waals surface area contributed by atoms with Gasteiger partial charge in [0, 0.05) is 12.8 Å². The van der Waals surface area contributed by atoms with E-state index in [1.165, 1.54) is 0 Å². The fourth-order valence-electron chi connectivity index (χ4n) is 1.07. The number of aryl methyl sites for hydroxylation is 1. The van der Waals surface area contributed by atoms with Crippen molar-refractivity contribution in [3.63, 3.8) is 0 Å². The first-order valence-electron chi connectivity index (χ1n) is 4.34. The largest absolute Gasteiger partial charge is 0.491 e. The number of aromatic hydroxyl groups is 1. The van der Waals surface area contributed by atoms with Gasteiger partial charge >= 0.3 is 6.18 Å². The number of nitrogens with one attached hydrogen (secondary N) is 1. The molecular weight excluding hydrogens is 232 g/mol. The van der Waals surface area contributed by atoms with E-state index in [1.807, 2.05) is 4.98 Å². The summed E-state index contributed by atoms with van der Waals surface area (Å²) in [5.74, 6) is -2.72. The Morgan fingerprint density at radius 3 is 2.50 bits per heavy atom. The van der Waals surface area contributed by atoms with E-state index in [4.69, 9.17) is 5.11 Å². The van der Waals surface area contributed by atoms with E-state index in [2.05, 4.69) is 4.98 Å². The van der Waals surface area contributed by atoms with Gasteiger partial charge in [-0.2, -0.15) is 22.5 Å². The van der Waals surface area contributed by atoms with E-state index in [1.54, 1.807) is 0 Å². The van der Waals surface area contributed by atoms with Gasteiger partial charge in [-0.1, -0.05) is 0 Å². The Morgan fingerprint density at radius 2 is 2.00 bits per heavy atom. The zero-order valence-electron chi connectivity index (χ0n) is 7.94. The first kappa shape index (κ1) is 12.5. The van der Waals surface area contributed by atoms with Crippen LogP contribution in [0, 0.1) is 5.82 Å². The number of alkyl halides is 3. The normalized spacial score (nSPS) is 11.8. The van der Waals surface area contributed by atoms with Gasteiger partial charge in [-0.05, 0) is 6.42 Å². The molecular formula is C8H8F4N2O2. The van der Waals surface area contributed by atoms with Gasteiger partial charge in [0.2, 0.25) is 5.82 Å². The highest BCUT2D eigenvalue weighted by Crippen LogP contribution is 2.22. The molecule has 0 aliphatic heterocycles. The number of rotatable bonds is 3. The highest BCUT2D eigenvalue weighted by atomic mass is 19.4. The minimum atomic E-state index is -4.29. The number of aromatic amines is 1. The number of H-pyrrole nitrogens is 1. The van der Waals surface area contributed by atoms with Gasteiger partial charge < -0.3 is 10.1 Å². The molecule has 0 aliphatic carbocycles. The third-order valence-electron chi connectivity index (χ3n) is 1.77. The summed E-state index contributed by atoms with van der Waals surface area (Å²) in [5.41, 5.74) is -1.20. The van der Waals surface area contributed by atoms with Gasteiger partial charge in [-0.15, -0.1) is 0 Å². The summed E-state index contributed by atoms with van der Waals surface area (Å²) in [7, 11) is 0. The third-order valence-corrected chi connectivity index (χ3v) is 1.77. The highest BCUT2D eigenvalue weighted by molar-refractivity contribution is 5.09. The Bertz CT molecular complexity index is 427. The summed E-state index contributed by atoms with van der Waals surface area (Å²) in [4.78, 5) is 15.9. The van der Waals surface area contributed by atoms with Crippen molar-refractivity contribution in [3.05, 3.63) is 22.0 Å². The van der Waals surface area contributed by atoms with Crippen LogP contribution in [0.2, 0.25) is 0 Å². The quantitative estimate of drug-likeness (QED) is 0.787. The van der Waals surface area contributed by atoms with Crippen LogP contribution in [0.1, 0.15) is 18.7 Å². The number of halogens is 4. The number of hydrogen-bond acceptors (Lipinski definition) is 3. The van der Waals surface area contributed by atoms with Gasteiger partial charge in [0.05, 0.1) is 0 Å². The molecule has 0 radical (unpaired) electrons. The van der Waals surface area contributed by atoms with E-state index in [0.29, 0.717) is 0 Å². The molecule has 0 atom stereocenters. The Morgan fingerprint density at radius 1 is 1.38 bits per heavy atom. The fourth-order valence-corrected chi connectivity index (χ4v) is 1.07. The van der Waals surface area contributed by atoms with Gasteiger partial charge in [0.15, 0.2) is 0 Å². The van der Waals surface area contributed by atoms with Crippen LogP contribution in [-0.2, 0) is 6.42 Å². The van der Waals surface area contributed by atoms with E-state index >= 15 is 0 Å². The zero-order chi connectivity index (χ0) is 12.3. The molecule has 16 heavy (non-hydrogen) atoms. The Hall–Kier alpha value is -1.60. The molecule has 0 aromatic carbocycles. The van der Waals surface area contributed by atoms with Crippen molar-refractivity contribution in [2.24, 2.45) is 0 Å². The summed E-state index contributed by atoms with van der Waals surface area (Å²) >= 11 is 0. The van der Waals surface area contributed by atoms with E-state index in [9.17, 15) is 22.4 Å². The van der Waals surface area contributed by atoms with Crippen molar-refractivity contribution in [2.45, 2.75) is 25.4 Å². The second kappa shape index (κ2) is 4.50. The van der Waals surface area contributed by atoms with Crippen molar-refractivity contribution >= 4 is 0 Å². The Balaban J connectivity index is 2.66. The molecule has 0 aliphatic rings. The van der Waals surface area contributed by atoms with Crippen LogP contribution in [0.5, 0.6) is 5.88 Å². The second-order valence-corrected chi connectivity index (χ2v) is 3.12. The highest BCUT2D eigenvalue weighted by Gasteiger charge is 2.26. The molecule has 1 rings (SSSR count). The Kier molecular flexibility index (Phi) is 3.51. The molecule has 4 nitrogen and oxygen atoms in total. The summed E-state index contributed by atoms with van der Waals surface area (Å²) in [6.07, 6.45) is -5.81. The van der Waals surface area contributed by atoms with Crippen LogP contribution >= 0.6 is 0 Å². The lowest BCUT2D eigenvalue weighted by atomic mass is 10.2. The molecule has 1 aromatic heterocycles. The standard InChI is InChI=1S/C8H8F4N2O2/c9-5-6(15)13-4(14-7(5)16)2-1-3-8(10,11)12/h1-3H2,(H2,13,14,15,16). The molecule has 90 valence electrons. The van der Waals surface area contributed by atoms with E-state index < -0.39 is 29.9 Å². The van der Waals surface area contributed by atoms with Crippen LogP contribution in [0.25, 0.3) is 0 Å². The minimum Gasteiger partial charge on any atom is -0.491 e. The van der Waals surface area contributed by atoms with Crippen molar-refractivity contribution < 1.29 is 22.7 Å². The maximum absolute atomic E-state index is 12.6. The van der Waals surface area contributed by atoms with Crippen LogP contribution in [0.15, 0.2) is 4.79 Å². The molecule has 1 heterocycles. The lowest BCUT2D eigenvalue weighted by molar-refractivity contribution is -0.135. The minimum absolute atomic E-state index is 0.173. The fraction of sp³-hybridized carbons (Fsp3) is 0.500. The molecule has 2 N–H and O–H groups in total. The average Bonchev–Trinajstić information content (AvgIpc) is 2.12. The average molecular weight is 240 g/mol. The first-order chi connectivity index (χ1) is 7.29. The predicted molar refractivity (Wildman–Crippen MR) is 45.5 cm³/mol. The van der Waals surface area contributed by atoms with Gasteiger partial charge in [0.25, 0.3) is 11.4 Å². The predicted octanol–water partition coefficient (Wildman–Crippen LogP) is 1.50. The molecule has 0 spiro atoms. The first-order valence-corrected chi connectivity index (χ1v) is 4.34. The molecule has 0 bridgehead atoms. The smallest absolute Gasteiger partial charge is 0.389 e. The molecule has 8 heteroatoms. The number of aromatic nitrogens is 2. The number of hydrogen-bond donors (Lipinski definition) is 2. The topological polar surface area (TPSA) is 66.0 Å². The van der Waals surface area contributed by atoms with Gasteiger partial charge in [-0.3, -0.25) is 4.79 Å². The maximum Gasteiger partial charge on any atom is 0.389 e. The lowest BCUT2D eigenvalue weighted by Crippen LogP contribution is -2.16. The monoisotopic (exact) mass is 240 g/mol. The SMILES string of the molecule is O=c1[nH]c(CCCC(F)(F)F)nc(O)c1F. The van der Waals surface area contributed by atoms with Gasteiger partial charge in [-0.25, -0.2) is 0 Å². The maximum atomic E-state index is 12.6. The summed E-state index contributed by atoms with van der Waals surface area (Å²) in [6.45, 7) is 0. The van der Waals surface area contributed by atoms with Crippen LogP contribution in [0.4, 0.5) is 17.6 Å². The Labute approximate surface area is 86.9 Å². The summed E-state index contributed by atoms with van der Waals surface area (Å²) in [5, 5.41) is 8.81. The molecule has 0 unspecified atom stereocenters. The third kappa shape index (κ3) is 3.52. The molecule has 0 saturated heterocycles. The molecule has 0 amide bonds. The summed E-state index contributed by atoms with van der Waals surface area (Å²) < 4.78 is 47.9. The zero-order valence-corrected chi connectivity index (χ0v) is 7.94. The lowest BCUT2D eigenvalue weighted by Gasteiger charge is -2.05. The van der Waals surface area contributed by atoms with E-state index in [0.717, 1.165) is 0 Å². The number of nitrogens with zero attached hydrogens (tertiary/aromatic N) is 1. The van der Waals surface area contributed by atoms with E-state index in [-0.39, 0.29) is 18.7 Å². The van der Waals surface area contributed by atoms with Crippen molar-refractivity contribution in [1.29, 1.82) is 0 Å². The van der Waals surface area contributed by atoms with Crippen molar-refractivity contribution in [3.8, 4) is 5.88 Å². The second-order valence-electron chi connectivity index (χ2n) is 3.12. The van der Waals surface area contributed by atoms with Crippen molar-refractivity contribution in [1.82, 2.24) is 9.97 Å². The van der Waals surface area contributed by atoms with Crippen LogP contribution in [-0.4, -0.2) is 21.3 Å². The molecule has 1 aromatic rings. The van der Waals surface area contributed by atoms with Gasteiger partial charge in [0.1, 0.15) is 5.82 Å². The molecule has 0 fully saturated rings.